The summed E-state index contributed by atoms with van der Waals surface area (Å²) in [7, 11) is 0. The number of nitrogens with zero attached hydrogens (tertiary/aromatic N) is 3. The molecule has 3 rings (SSSR count). The predicted molar refractivity (Wildman–Crippen MR) is 84.7 cm³/mol. The van der Waals surface area contributed by atoms with Crippen LogP contribution in [-0.4, -0.2) is 19.9 Å². The second-order valence-corrected chi connectivity index (χ2v) is 4.98. The van der Waals surface area contributed by atoms with E-state index in [4.69, 9.17) is 34.3 Å². The van der Waals surface area contributed by atoms with Crippen LogP contribution in [0.25, 0.3) is 10.9 Å². The summed E-state index contributed by atoms with van der Waals surface area (Å²) in [5.74, 6) is 0.509. The quantitative estimate of drug-likeness (QED) is 0.748. The second kappa shape index (κ2) is 5.59. The standard InChI is InChI=1S/C14H9ClN4OS/c15-9-3-4-11(12-8(9)2-1-6-17-12)20-14-18-7-5-10(19-14)13(16)21/h1-7H,(H2,16,21). The maximum atomic E-state index is 6.14. The van der Waals surface area contributed by atoms with E-state index in [9.17, 15) is 0 Å². The molecular weight excluding hydrogens is 308 g/mol. The van der Waals surface area contributed by atoms with Gasteiger partial charge in [-0.1, -0.05) is 23.8 Å². The molecule has 0 aliphatic heterocycles. The third kappa shape index (κ3) is 2.76. The lowest BCUT2D eigenvalue weighted by molar-refractivity contribution is 0.445. The number of aromatic nitrogens is 3. The van der Waals surface area contributed by atoms with Crippen molar-refractivity contribution >= 4 is 39.7 Å². The van der Waals surface area contributed by atoms with Gasteiger partial charge in [-0.3, -0.25) is 4.98 Å². The van der Waals surface area contributed by atoms with Gasteiger partial charge in [-0.2, -0.15) is 4.98 Å². The van der Waals surface area contributed by atoms with Crippen molar-refractivity contribution in [3.63, 3.8) is 0 Å². The van der Waals surface area contributed by atoms with Crippen molar-refractivity contribution in [2.75, 3.05) is 0 Å². The first-order valence-corrected chi connectivity index (χ1v) is 6.78. The lowest BCUT2D eigenvalue weighted by atomic mass is 10.2. The second-order valence-electron chi connectivity index (χ2n) is 4.14. The minimum atomic E-state index is 0.148. The molecular formula is C14H9ClN4OS. The summed E-state index contributed by atoms with van der Waals surface area (Å²) in [6.07, 6.45) is 3.19. The van der Waals surface area contributed by atoms with Crippen LogP contribution in [0.1, 0.15) is 5.69 Å². The summed E-state index contributed by atoms with van der Waals surface area (Å²) in [6, 6.07) is 8.89. The Bertz CT molecular complexity index is 840. The molecule has 1 aromatic carbocycles. The van der Waals surface area contributed by atoms with Gasteiger partial charge in [0.1, 0.15) is 16.2 Å². The number of thiocarbonyl (C=S) groups is 1. The van der Waals surface area contributed by atoms with E-state index in [1.54, 1.807) is 24.4 Å². The lowest BCUT2D eigenvalue weighted by Gasteiger charge is -2.08. The average molecular weight is 317 g/mol. The van der Waals surface area contributed by atoms with Gasteiger partial charge in [0.25, 0.3) is 0 Å². The zero-order valence-electron chi connectivity index (χ0n) is 10.7. The number of fused-ring (bicyclic) bond motifs is 1. The predicted octanol–water partition coefficient (Wildman–Crippen LogP) is 3.10. The number of hydrogen-bond acceptors (Lipinski definition) is 5. The summed E-state index contributed by atoms with van der Waals surface area (Å²) in [6.45, 7) is 0. The Kier molecular flexibility index (Phi) is 3.64. The molecule has 2 N–H and O–H groups in total. The Balaban J connectivity index is 2.04. The molecule has 0 atom stereocenters. The number of benzene rings is 1. The normalized spacial score (nSPS) is 10.5. The van der Waals surface area contributed by atoms with Gasteiger partial charge >= 0.3 is 6.01 Å². The van der Waals surface area contributed by atoms with Crippen molar-refractivity contribution in [3.05, 3.63) is 53.4 Å². The fraction of sp³-hybridized carbons (Fsp3) is 0. The third-order valence-electron chi connectivity index (χ3n) is 2.77. The first kappa shape index (κ1) is 13.7. The minimum absolute atomic E-state index is 0.148. The fourth-order valence-electron chi connectivity index (χ4n) is 1.82. The highest BCUT2D eigenvalue weighted by Gasteiger charge is 2.10. The number of pyridine rings is 1. The van der Waals surface area contributed by atoms with Crippen LogP contribution in [0.3, 0.4) is 0 Å². The molecule has 0 radical (unpaired) electrons. The van der Waals surface area contributed by atoms with Gasteiger partial charge in [0, 0.05) is 17.8 Å². The van der Waals surface area contributed by atoms with Crippen LogP contribution in [0.15, 0.2) is 42.7 Å². The molecule has 0 bridgehead atoms. The number of rotatable bonds is 3. The molecule has 21 heavy (non-hydrogen) atoms. The van der Waals surface area contributed by atoms with Crippen LogP contribution in [0.5, 0.6) is 11.8 Å². The molecule has 104 valence electrons. The van der Waals surface area contributed by atoms with Crippen LogP contribution in [0.2, 0.25) is 5.02 Å². The van der Waals surface area contributed by atoms with Crippen LogP contribution >= 0.6 is 23.8 Å². The van der Waals surface area contributed by atoms with E-state index >= 15 is 0 Å². The average Bonchev–Trinajstić information content (AvgIpc) is 2.51. The van der Waals surface area contributed by atoms with E-state index in [0.717, 1.165) is 5.39 Å². The Morgan fingerprint density at radius 1 is 1.14 bits per heavy atom. The van der Waals surface area contributed by atoms with Crippen LogP contribution in [0.4, 0.5) is 0 Å². The smallest absolute Gasteiger partial charge is 0.322 e. The topological polar surface area (TPSA) is 73.9 Å². The number of halogens is 1. The summed E-state index contributed by atoms with van der Waals surface area (Å²) >= 11 is 11.0. The van der Waals surface area contributed by atoms with Gasteiger partial charge in [-0.25, -0.2) is 4.98 Å². The maximum Gasteiger partial charge on any atom is 0.322 e. The molecule has 0 fully saturated rings. The van der Waals surface area contributed by atoms with Gasteiger partial charge < -0.3 is 10.5 Å². The molecule has 2 aromatic heterocycles. The van der Waals surface area contributed by atoms with Crippen molar-refractivity contribution in [1.82, 2.24) is 15.0 Å². The van der Waals surface area contributed by atoms with Gasteiger partial charge in [0.15, 0.2) is 5.75 Å². The first-order valence-electron chi connectivity index (χ1n) is 5.99. The Morgan fingerprint density at radius 2 is 2.00 bits per heavy atom. The van der Waals surface area contributed by atoms with E-state index < -0.39 is 0 Å². The highest BCUT2D eigenvalue weighted by atomic mass is 35.5. The van der Waals surface area contributed by atoms with Crippen LogP contribution in [0, 0.1) is 0 Å². The van der Waals surface area contributed by atoms with Crippen molar-refractivity contribution < 1.29 is 4.74 Å². The highest BCUT2D eigenvalue weighted by Crippen LogP contribution is 2.31. The molecule has 7 heteroatoms. The third-order valence-corrected chi connectivity index (χ3v) is 3.31. The van der Waals surface area contributed by atoms with Crippen LogP contribution < -0.4 is 10.5 Å². The molecule has 0 aliphatic rings. The summed E-state index contributed by atoms with van der Waals surface area (Å²) in [4.78, 5) is 12.6. The fourth-order valence-corrected chi connectivity index (χ4v) is 2.15. The minimum Gasteiger partial charge on any atom is -0.422 e. The number of hydrogen-bond donors (Lipinski definition) is 1. The van der Waals surface area contributed by atoms with Crippen molar-refractivity contribution in [1.29, 1.82) is 0 Å². The molecule has 5 nitrogen and oxygen atoms in total. The summed E-state index contributed by atoms with van der Waals surface area (Å²) in [5.41, 5.74) is 6.62. The molecule has 0 aliphatic carbocycles. The van der Waals surface area contributed by atoms with Gasteiger partial charge in [-0.15, -0.1) is 0 Å². The Labute approximate surface area is 130 Å². The molecule has 0 unspecified atom stereocenters. The zero-order valence-corrected chi connectivity index (χ0v) is 12.2. The highest BCUT2D eigenvalue weighted by molar-refractivity contribution is 7.80. The Hall–Kier alpha value is -2.31. The molecule has 3 aromatic rings. The Morgan fingerprint density at radius 3 is 2.81 bits per heavy atom. The van der Waals surface area contributed by atoms with Crippen molar-refractivity contribution in [3.8, 4) is 11.8 Å². The summed E-state index contributed by atoms with van der Waals surface area (Å²) in [5, 5.41) is 1.39. The van der Waals surface area contributed by atoms with Crippen LogP contribution in [-0.2, 0) is 0 Å². The van der Waals surface area contributed by atoms with Gasteiger partial charge in [0.2, 0.25) is 0 Å². The largest absolute Gasteiger partial charge is 0.422 e. The molecule has 0 amide bonds. The molecule has 0 saturated heterocycles. The van der Waals surface area contributed by atoms with E-state index in [2.05, 4.69) is 15.0 Å². The molecule has 0 spiro atoms. The van der Waals surface area contributed by atoms with Gasteiger partial charge in [0.05, 0.1) is 5.02 Å². The zero-order chi connectivity index (χ0) is 14.8. The van der Waals surface area contributed by atoms with Crippen molar-refractivity contribution in [2.45, 2.75) is 0 Å². The molecule has 2 heterocycles. The lowest BCUT2D eigenvalue weighted by Crippen LogP contribution is -2.12. The van der Waals surface area contributed by atoms with E-state index in [1.165, 1.54) is 6.20 Å². The van der Waals surface area contributed by atoms with E-state index in [1.807, 2.05) is 12.1 Å². The number of nitrogens with two attached hydrogens (primary N) is 1. The monoisotopic (exact) mass is 316 g/mol. The van der Waals surface area contributed by atoms with E-state index in [-0.39, 0.29) is 11.0 Å². The summed E-state index contributed by atoms with van der Waals surface area (Å²) < 4.78 is 5.68. The SMILES string of the molecule is NC(=S)c1ccnc(Oc2ccc(Cl)c3cccnc23)n1. The first-order chi connectivity index (χ1) is 10.1. The molecule has 0 saturated carbocycles. The van der Waals surface area contributed by atoms with Gasteiger partial charge in [-0.05, 0) is 30.3 Å². The van der Waals surface area contributed by atoms with E-state index in [0.29, 0.717) is 22.0 Å². The number of ether oxygens (including phenoxy) is 1. The van der Waals surface area contributed by atoms with Crippen molar-refractivity contribution in [2.24, 2.45) is 5.73 Å². The maximum absolute atomic E-state index is 6.14.